The molecule has 13 heavy (non-hydrogen) atoms. The Morgan fingerprint density at radius 3 is 2.69 bits per heavy atom. The van der Waals surface area contributed by atoms with Crippen molar-refractivity contribution >= 4 is 6.29 Å². The molecule has 0 unspecified atom stereocenters. The van der Waals surface area contributed by atoms with E-state index in [1.807, 2.05) is 0 Å². The molecule has 0 aliphatic rings. The molecular formula is C7H5F3N2O. The zero-order chi connectivity index (χ0) is 9.90. The summed E-state index contributed by atoms with van der Waals surface area (Å²) in [6.45, 7) is 0. The molecule has 0 saturated carbocycles. The molecule has 1 heterocycles. The zero-order valence-electron chi connectivity index (χ0n) is 6.38. The summed E-state index contributed by atoms with van der Waals surface area (Å²) in [6, 6.07) is 1.27. The Kier molecular flexibility index (Phi) is 2.60. The molecule has 0 aliphatic carbocycles. The number of halogens is 3. The van der Waals surface area contributed by atoms with Crippen LogP contribution < -0.4 is 0 Å². The molecule has 0 bridgehead atoms. The van der Waals surface area contributed by atoms with Crippen LogP contribution in [0.5, 0.6) is 0 Å². The van der Waals surface area contributed by atoms with E-state index in [-0.39, 0.29) is 12.1 Å². The van der Waals surface area contributed by atoms with Gasteiger partial charge in [0.1, 0.15) is 6.29 Å². The van der Waals surface area contributed by atoms with E-state index < -0.39 is 12.0 Å². The van der Waals surface area contributed by atoms with E-state index in [0.717, 1.165) is 6.20 Å². The van der Waals surface area contributed by atoms with Crippen molar-refractivity contribution in [1.29, 1.82) is 0 Å². The number of rotatable bonds is 2. The molecule has 6 heteroatoms. The van der Waals surface area contributed by atoms with Gasteiger partial charge in [0.25, 0.3) is 0 Å². The average molecular weight is 190 g/mol. The van der Waals surface area contributed by atoms with Gasteiger partial charge in [-0.25, -0.2) is 9.97 Å². The van der Waals surface area contributed by atoms with Crippen molar-refractivity contribution < 1.29 is 18.0 Å². The first-order chi connectivity index (χ1) is 6.04. The highest BCUT2D eigenvalue weighted by atomic mass is 19.4. The van der Waals surface area contributed by atoms with Crippen LogP contribution in [0.25, 0.3) is 0 Å². The largest absolute Gasteiger partial charge is 0.451 e. The lowest BCUT2D eigenvalue weighted by atomic mass is 10.3. The second-order valence-corrected chi connectivity index (χ2v) is 2.24. The maximum absolute atomic E-state index is 12.0. The molecule has 0 saturated heterocycles. The second-order valence-electron chi connectivity index (χ2n) is 2.24. The van der Waals surface area contributed by atoms with Gasteiger partial charge in [0.15, 0.2) is 0 Å². The fourth-order valence-corrected chi connectivity index (χ4v) is 0.732. The van der Waals surface area contributed by atoms with Crippen molar-refractivity contribution in [2.75, 3.05) is 0 Å². The first-order valence-electron chi connectivity index (χ1n) is 3.37. The minimum atomic E-state index is -4.56. The Hall–Kier alpha value is -1.46. The highest BCUT2D eigenvalue weighted by molar-refractivity contribution is 5.53. The van der Waals surface area contributed by atoms with Crippen molar-refractivity contribution in [1.82, 2.24) is 9.97 Å². The summed E-state index contributed by atoms with van der Waals surface area (Å²) in [5.41, 5.74) is 0.0670. The molecule has 0 fully saturated rings. The standard InChI is InChI=1S/C7H5F3N2O/c8-7(9,10)6-11-3-1-5(12-6)2-4-13/h1,3-4H,2H2. The van der Waals surface area contributed by atoms with Gasteiger partial charge in [0, 0.05) is 12.6 Å². The van der Waals surface area contributed by atoms with Gasteiger partial charge in [-0.1, -0.05) is 0 Å². The van der Waals surface area contributed by atoms with E-state index in [1.165, 1.54) is 6.07 Å². The summed E-state index contributed by atoms with van der Waals surface area (Å²) in [4.78, 5) is 16.2. The van der Waals surface area contributed by atoms with Crippen molar-refractivity contribution in [3.63, 3.8) is 0 Å². The van der Waals surface area contributed by atoms with Crippen molar-refractivity contribution in [3.8, 4) is 0 Å². The zero-order valence-corrected chi connectivity index (χ0v) is 6.38. The van der Waals surface area contributed by atoms with Crippen LogP contribution in [-0.2, 0) is 17.4 Å². The molecule has 0 spiro atoms. The number of alkyl halides is 3. The lowest BCUT2D eigenvalue weighted by Crippen LogP contribution is -2.12. The highest BCUT2D eigenvalue weighted by Gasteiger charge is 2.34. The third-order valence-corrected chi connectivity index (χ3v) is 1.26. The van der Waals surface area contributed by atoms with Crippen LogP contribution in [0, 0.1) is 0 Å². The Bertz CT molecular complexity index is 311. The second kappa shape index (κ2) is 3.51. The first kappa shape index (κ1) is 9.63. The van der Waals surface area contributed by atoms with Gasteiger partial charge in [0.2, 0.25) is 5.82 Å². The number of hydrogen-bond acceptors (Lipinski definition) is 3. The highest BCUT2D eigenvalue weighted by Crippen LogP contribution is 2.25. The molecule has 0 atom stereocenters. The number of nitrogens with zero attached hydrogens (tertiary/aromatic N) is 2. The Morgan fingerprint density at radius 1 is 1.46 bits per heavy atom. The minimum Gasteiger partial charge on any atom is -0.303 e. The summed E-state index contributed by atoms with van der Waals surface area (Å²) in [6.07, 6.45) is -3.22. The number of aldehydes is 1. The molecule has 1 aromatic rings. The van der Waals surface area contributed by atoms with Crippen LogP contribution in [0.4, 0.5) is 13.2 Å². The SMILES string of the molecule is O=CCc1ccnc(C(F)(F)F)n1. The molecule has 3 nitrogen and oxygen atoms in total. The molecule has 0 amide bonds. The number of carbonyl (C=O) groups excluding carboxylic acids is 1. The van der Waals surface area contributed by atoms with Gasteiger partial charge in [0.05, 0.1) is 5.69 Å². The average Bonchev–Trinajstić information content (AvgIpc) is 2.04. The summed E-state index contributed by atoms with van der Waals surface area (Å²) in [5.74, 6) is -1.22. The Balaban J connectivity index is 2.98. The molecule has 0 aliphatic heterocycles. The number of hydrogen-bond donors (Lipinski definition) is 0. The third kappa shape index (κ3) is 2.50. The lowest BCUT2D eigenvalue weighted by molar-refractivity contribution is -0.145. The van der Waals surface area contributed by atoms with Gasteiger partial charge in [-0.3, -0.25) is 0 Å². The molecule has 1 rings (SSSR count). The van der Waals surface area contributed by atoms with Gasteiger partial charge in [-0.15, -0.1) is 0 Å². The monoisotopic (exact) mass is 190 g/mol. The van der Waals surface area contributed by atoms with E-state index in [0.29, 0.717) is 6.29 Å². The summed E-state index contributed by atoms with van der Waals surface area (Å²) in [5, 5.41) is 0. The third-order valence-electron chi connectivity index (χ3n) is 1.26. The molecule has 0 aromatic carbocycles. The van der Waals surface area contributed by atoms with Crippen LogP contribution in [0.2, 0.25) is 0 Å². The van der Waals surface area contributed by atoms with Crippen LogP contribution >= 0.6 is 0 Å². The normalized spacial score (nSPS) is 11.3. The van der Waals surface area contributed by atoms with Crippen LogP contribution in [0.1, 0.15) is 11.5 Å². The van der Waals surface area contributed by atoms with Crippen molar-refractivity contribution in [2.45, 2.75) is 12.6 Å². The predicted molar refractivity (Wildman–Crippen MR) is 36.8 cm³/mol. The van der Waals surface area contributed by atoms with Gasteiger partial charge >= 0.3 is 6.18 Å². The Morgan fingerprint density at radius 2 is 2.15 bits per heavy atom. The molecular weight excluding hydrogens is 185 g/mol. The predicted octanol–water partition coefficient (Wildman–Crippen LogP) is 1.24. The lowest BCUT2D eigenvalue weighted by Gasteiger charge is -2.04. The van der Waals surface area contributed by atoms with Crippen molar-refractivity contribution in [2.24, 2.45) is 0 Å². The summed E-state index contributed by atoms with van der Waals surface area (Å²) >= 11 is 0. The fraction of sp³-hybridized carbons (Fsp3) is 0.286. The minimum absolute atomic E-state index is 0.0670. The van der Waals surface area contributed by atoms with Gasteiger partial charge in [-0.05, 0) is 6.07 Å². The van der Waals surface area contributed by atoms with Crippen molar-refractivity contribution in [3.05, 3.63) is 23.8 Å². The maximum atomic E-state index is 12.0. The topological polar surface area (TPSA) is 42.9 Å². The van der Waals surface area contributed by atoms with E-state index in [2.05, 4.69) is 9.97 Å². The van der Waals surface area contributed by atoms with Crippen LogP contribution in [0.3, 0.4) is 0 Å². The summed E-state index contributed by atoms with van der Waals surface area (Å²) in [7, 11) is 0. The molecule has 0 radical (unpaired) electrons. The van der Waals surface area contributed by atoms with E-state index in [9.17, 15) is 18.0 Å². The fourth-order valence-electron chi connectivity index (χ4n) is 0.732. The number of aromatic nitrogens is 2. The molecule has 0 N–H and O–H groups in total. The Labute approximate surface area is 71.6 Å². The van der Waals surface area contributed by atoms with Crippen LogP contribution in [-0.4, -0.2) is 16.3 Å². The van der Waals surface area contributed by atoms with E-state index in [4.69, 9.17) is 0 Å². The van der Waals surface area contributed by atoms with Gasteiger partial charge < -0.3 is 4.79 Å². The van der Waals surface area contributed by atoms with Gasteiger partial charge in [-0.2, -0.15) is 13.2 Å². The van der Waals surface area contributed by atoms with E-state index in [1.54, 1.807) is 0 Å². The van der Waals surface area contributed by atoms with Crippen LogP contribution in [0.15, 0.2) is 12.3 Å². The van der Waals surface area contributed by atoms with E-state index >= 15 is 0 Å². The first-order valence-corrected chi connectivity index (χ1v) is 3.37. The maximum Gasteiger partial charge on any atom is 0.451 e. The quantitative estimate of drug-likeness (QED) is 0.659. The molecule has 70 valence electrons. The smallest absolute Gasteiger partial charge is 0.303 e. The number of carbonyl (C=O) groups is 1. The summed E-state index contributed by atoms with van der Waals surface area (Å²) < 4.78 is 36.0. The molecule has 1 aromatic heterocycles.